The Morgan fingerprint density at radius 3 is 2.40 bits per heavy atom. The molecule has 0 radical (unpaired) electrons. The Kier molecular flexibility index (Phi) is 8.52. The summed E-state index contributed by atoms with van der Waals surface area (Å²) in [7, 11) is 0. The summed E-state index contributed by atoms with van der Waals surface area (Å²) in [6, 6.07) is 9.67. The highest BCUT2D eigenvalue weighted by molar-refractivity contribution is 6.33. The SMILES string of the molecule is CCNC(=O)c1cnc(N2CCN(C3CCN(C(=O)c4ccc(Cl)cc4)CC3)[C@@H](CC)C2)c(Cl)c1.[HH]. The first-order chi connectivity index (χ1) is 16.9. The molecule has 2 amide bonds. The quantitative estimate of drug-likeness (QED) is 0.604. The fourth-order valence-corrected chi connectivity index (χ4v) is 5.54. The summed E-state index contributed by atoms with van der Waals surface area (Å²) in [5.74, 6) is 0.653. The molecule has 35 heavy (non-hydrogen) atoms. The van der Waals surface area contributed by atoms with E-state index in [1.54, 1.807) is 36.5 Å². The first-order valence-electron chi connectivity index (χ1n) is 12.4. The van der Waals surface area contributed by atoms with Gasteiger partial charge in [0.05, 0.1) is 10.6 Å². The Bertz CT molecular complexity index is 1050. The number of amides is 2. The van der Waals surface area contributed by atoms with Crippen LogP contribution in [0.4, 0.5) is 5.82 Å². The highest BCUT2D eigenvalue weighted by Crippen LogP contribution is 2.30. The Morgan fingerprint density at radius 2 is 1.77 bits per heavy atom. The summed E-state index contributed by atoms with van der Waals surface area (Å²) in [4.78, 5) is 36.3. The van der Waals surface area contributed by atoms with Gasteiger partial charge in [-0.2, -0.15) is 0 Å². The second kappa shape index (κ2) is 11.6. The second-order valence-corrected chi connectivity index (χ2v) is 10.0. The smallest absolute Gasteiger partial charge is 0.253 e. The Balaban J connectivity index is 0.00000361. The van der Waals surface area contributed by atoms with Crippen molar-refractivity contribution in [1.29, 1.82) is 0 Å². The summed E-state index contributed by atoms with van der Waals surface area (Å²) in [5.41, 5.74) is 1.17. The highest BCUT2D eigenvalue weighted by atomic mass is 35.5. The molecule has 0 unspecified atom stereocenters. The molecule has 1 atom stereocenters. The van der Waals surface area contributed by atoms with E-state index in [9.17, 15) is 9.59 Å². The van der Waals surface area contributed by atoms with Crippen LogP contribution >= 0.6 is 23.2 Å². The van der Waals surface area contributed by atoms with Crippen molar-refractivity contribution in [2.75, 3.05) is 44.2 Å². The molecule has 0 bridgehead atoms. The lowest BCUT2D eigenvalue weighted by molar-refractivity contribution is 0.0490. The van der Waals surface area contributed by atoms with Crippen molar-refractivity contribution in [3.63, 3.8) is 0 Å². The van der Waals surface area contributed by atoms with Crippen LogP contribution in [-0.4, -0.2) is 78.0 Å². The number of nitrogens with one attached hydrogen (secondary N) is 1. The monoisotopic (exact) mass is 519 g/mol. The van der Waals surface area contributed by atoms with Crippen LogP contribution in [0.2, 0.25) is 10.0 Å². The first kappa shape index (κ1) is 25.7. The third kappa shape index (κ3) is 5.90. The number of piperidine rings is 1. The number of likely N-dealkylation sites (tertiary alicyclic amines) is 1. The number of hydrogen-bond acceptors (Lipinski definition) is 5. The van der Waals surface area contributed by atoms with E-state index in [2.05, 4.69) is 27.0 Å². The molecule has 0 saturated carbocycles. The number of hydrogen-bond donors (Lipinski definition) is 1. The van der Waals surface area contributed by atoms with Crippen LogP contribution in [0.25, 0.3) is 0 Å². The van der Waals surface area contributed by atoms with Crippen molar-refractivity contribution in [2.24, 2.45) is 0 Å². The van der Waals surface area contributed by atoms with Gasteiger partial charge < -0.3 is 15.1 Å². The van der Waals surface area contributed by atoms with Crippen molar-refractivity contribution in [3.05, 3.63) is 57.7 Å². The first-order valence-corrected chi connectivity index (χ1v) is 13.2. The molecule has 9 heteroatoms. The summed E-state index contributed by atoms with van der Waals surface area (Å²) >= 11 is 12.5. The van der Waals surface area contributed by atoms with Crippen LogP contribution < -0.4 is 10.2 Å². The number of nitrogens with zero attached hydrogens (tertiary/aromatic N) is 4. The minimum atomic E-state index is -0.161. The topological polar surface area (TPSA) is 68.8 Å². The summed E-state index contributed by atoms with van der Waals surface area (Å²) < 4.78 is 0. The molecule has 0 spiro atoms. The molecule has 2 aromatic rings. The molecular weight excluding hydrogens is 485 g/mol. The second-order valence-electron chi connectivity index (χ2n) is 9.17. The van der Waals surface area contributed by atoms with Crippen LogP contribution in [0.1, 0.15) is 55.3 Å². The molecule has 1 aromatic heterocycles. The minimum absolute atomic E-state index is 0. The van der Waals surface area contributed by atoms with Gasteiger partial charge in [0.25, 0.3) is 11.8 Å². The van der Waals surface area contributed by atoms with Crippen LogP contribution in [0, 0.1) is 0 Å². The van der Waals surface area contributed by atoms with E-state index in [-0.39, 0.29) is 13.2 Å². The van der Waals surface area contributed by atoms with Gasteiger partial charge in [-0.3, -0.25) is 14.5 Å². The van der Waals surface area contributed by atoms with E-state index in [1.807, 2.05) is 11.8 Å². The van der Waals surface area contributed by atoms with Gasteiger partial charge in [0, 0.05) is 69.6 Å². The molecule has 7 nitrogen and oxygen atoms in total. The van der Waals surface area contributed by atoms with Crippen molar-refractivity contribution in [2.45, 2.75) is 45.2 Å². The molecule has 2 aliphatic rings. The Morgan fingerprint density at radius 1 is 1.06 bits per heavy atom. The number of carbonyl (C=O) groups is 2. The van der Waals surface area contributed by atoms with Gasteiger partial charge in [-0.15, -0.1) is 0 Å². The number of carbonyl (C=O) groups excluding carboxylic acids is 2. The number of aromatic nitrogens is 1. The van der Waals surface area contributed by atoms with Crippen LogP contribution in [0.3, 0.4) is 0 Å². The average molecular weight is 521 g/mol. The van der Waals surface area contributed by atoms with E-state index in [1.165, 1.54) is 0 Å². The molecule has 190 valence electrons. The van der Waals surface area contributed by atoms with E-state index in [0.29, 0.717) is 39.8 Å². The normalized spacial score (nSPS) is 19.6. The van der Waals surface area contributed by atoms with E-state index < -0.39 is 0 Å². The average Bonchev–Trinajstić information content (AvgIpc) is 2.88. The maximum absolute atomic E-state index is 12.9. The molecule has 2 aliphatic heterocycles. The van der Waals surface area contributed by atoms with Crippen molar-refractivity contribution in [3.8, 4) is 0 Å². The maximum atomic E-state index is 12.9. The molecule has 4 rings (SSSR count). The van der Waals surface area contributed by atoms with Gasteiger partial charge in [0.1, 0.15) is 5.82 Å². The van der Waals surface area contributed by atoms with Gasteiger partial charge in [0.2, 0.25) is 0 Å². The van der Waals surface area contributed by atoms with Gasteiger partial charge in [-0.1, -0.05) is 30.1 Å². The molecule has 2 saturated heterocycles. The number of piperazine rings is 1. The Labute approximate surface area is 218 Å². The summed E-state index contributed by atoms with van der Waals surface area (Å²) in [6.45, 7) is 8.77. The lowest BCUT2D eigenvalue weighted by Gasteiger charge is -2.47. The largest absolute Gasteiger partial charge is 0.353 e. The third-order valence-corrected chi connectivity index (χ3v) is 7.56. The summed E-state index contributed by atoms with van der Waals surface area (Å²) in [6.07, 6.45) is 4.56. The van der Waals surface area contributed by atoms with Gasteiger partial charge in [-0.25, -0.2) is 4.98 Å². The van der Waals surface area contributed by atoms with Crippen molar-refractivity contribution >= 4 is 40.8 Å². The number of halogens is 2. The van der Waals surface area contributed by atoms with Crippen LogP contribution in [0.5, 0.6) is 0 Å². The lowest BCUT2D eigenvalue weighted by atomic mass is 9.97. The van der Waals surface area contributed by atoms with E-state index >= 15 is 0 Å². The molecular formula is C26H35Cl2N5O2. The fourth-order valence-electron chi connectivity index (χ4n) is 5.13. The minimum Gasteiger partial charge on any atom is -0.353 e. The van der Waals surface area contributed by atoms with E-state index in [4.69, 9.17) is 23.2 Å². The number of rotatable bonds is 6. The molecule has 2 fully saturated rings. The van der Waals surface area contributed by atoms with E-state index in [0.717, 1.165) is 57.8 Å². The van der Waals surface area contributed by atoms with Crippen LogP contribution in [0.15, 0.2) is 36.5 Å². The third-order valence-electron chi connectivity index (χ3n) is 7.03. The molecule has 0 aliphatic carbocycles. The zero-order valence-electron chi connectivity index (χ0n) is 20.3. The maximum Gasteiger partial charge on any atom is 0.253 e. The fraction of sp³-hybridized carbons (Fsp3) is 0.500. The zero-order valence-corrected chi connectivity index (χ0v) is 21.9. The van der Waals surface area contributed by atoms with Gasteiger partial charge in [0.15, 0.2) is 0 Å². The highest BCUT2D eigenvalue weighted by Gasteiger charge is 2.35. The Hall–Kier alpha value is -2.35. The predicted molar refractivity (Wildman–Crippen MR) is 143 cm³/mol. The molecule has 3 heterocycles. The van der Waals surface area contributed by atoms with Crippen molar-refractivity contribution in [1.82, 2.24) is 20.1 Å². The zero-order chi connectivity index (χ0) is 24.9. The van der Waals surface area contributed by atoms with Gasteiger partial charge in [-0.05, 0) is 56.5 Å². The van der Waals surface area contributed by atoms with Crippen LogP contribution in [-0.2, 0) is 0 Å². The van der Waals surface area contributed by atoms with Crippen molar-refractivity contribution < 1.29 is 11.0 Å². The predicted octanol–water partition coefficient (Wildman–Crippen LogP) is 4.59. The molecule has 1 N–H and O–H groups in total. The number of anilines is 1. The number of pyridine rings is 1. The molecule has 1 aromatic carbocycles. The number of benzene rings is 1. The standard InChI is InChI=1S/C26H33Cl2N5O2.H2/c1-3-21-17-32(24-23(28)15-19(16-30-24)25(34)29-4-2)13-14-33(21)22-9-11-31(12-10-22)26(35)18-5-7-20(27)8-6-18;/h5-8,15-16,21-22H,3-4,9-14,17H2,1-2H3,(H,29,34);1H/t21-;/m0./s1. The van der Waals surface area contributed by atoms with Gasteiger partial charge >= 0.3 is 0 Å². The lowest BCUT2D eigenvalue weighted by Crippen LogP contribution is -2.58. The summed E-state index contributed by atoms with van der Waals surface area (Å²) in [5, 5.41) is 3.92.